The largest absolute Gasteiger partial charge is 0.353 e. The van der Waals surface area contributed by atoms with Gasteiger partial charge in [0.25, 0.3) is 5.69 Å². The minimum atomic E-state index is -0.528. The van der Waals surface area contributed by atoms with E-state index >= 15 is 0 Å². The van der Waals surface area contributed by atoms with Crippen LogP contribution in [0.3, 0.4) is 0 Å². The van der Waals surface area contributed by atoms with E-state index in [1.165, 1.54) is 18.2 Å². The van der Waals surface area contributed by atoms with Crippen molar-refractivity contribution < 1.29 is 4.92 Å². The number of nitriles is 1. The van der Waals surface area contributed by atoms with E-state index < -0.39 is 4.92 Å². The number of nitro benzene ring substituents is 1. The van der Waals surface area contributed by atoms with Gasteiger partial charge in [0.2, 0.25) is 0 Å². The number of nitrogens with zero attached hydrogens (tertiary/aromatic N) is 3. The normalized spacial score (nSPS) is 9.68. The van der Waals surface area contributed by atoms with Gasteiger partial charge >= 0.3 is 0 Å². The average Bonchev–Trinajstić information content (AvgIpc) is 2.41. The van der Waals surface area contributed by atoms with E-state index in [4.69, 9.17) is 5.26 Å². The molecule has 0 aliphatic carbocycles. The average molecular weight is 254 g/mol. The molecular formula is C13H10N4O2. The first-order valence-electron chi connectivity index (χ1n) is 5.48. The third kappa shape index (κ3) is 2.66. The van der Waals surface area contributed by atoms with E-state index in [0.717, 1.165) is 11.3 Å². The van der Waals surface area contributed by atoms with E-state index in [1.807, 2.05) is 19.1 Å². The molecule has 0 aliphatic heterocycles. The summed E-state index contributed by atoms with van der Waals surface area (Å²) in [4.78, 5) is 14.1. The van der Waals surface area contributed by atoms with Crippen molar-refractivity contribution in [3.05, 3.63) is 57.9 Å². The van der Waals surface area contributed by atoms with Crippen LogP contribution in [0.15, 0.2) is 36.7 Å². The van der Waals surface area contributed by atoms with Crippen molar-refractivity contribution in [2.24, 2.45) is 0 Å². The molecule has 0 atom stereocenters. The van der Waals surface area contributed by atoms with Crippen LogP contribution in [-0.2, 0) is 0 Å². The monoisotopic (exact) mass is 254 g/mol. The highest BCUT2D eigenvalue weighted by molar-refractivity contribution is 5.69. The summed E-state index contributed by atoms with van der Waals surface area (Å²) in [7, 11) is 0. The number of hydrogen-bond acceptors (Lipinski definition) is 5. The molecule has 0 spiro atoms. The number of aromatic nitrogens is 1. The van der Waals surface area contributed by atoms with Gasteiger partial charge in [-0.2, -0.15) is 5.26 Å². The third-order valence-corrected chi connectivity index (χ3v) is 2.64. The van der Waals surface area contributed by atoms with Crippen molar-refractivity contribution in [1.82, 2.24) is 4.98 Å². The Morgan fingerprint density at radius 3 is 2.79 bits per heavy atom. The lowest BCUT2D eigenvalue weighted by Gasteiger charge is -2.09. The highest BCUT2D eigenvalue weighted by atomic mass is 16.6. The maximum Gasteiger partial charge on any atom is 0.270 e. The fourth-order valence-electron chi connectivity index (χ4n) is 1.59. The number of nitro groups is 1. The fourth-order valence-corrected chi connectivity index (χ4v) is 1.59. The van der Waals surface area contributed by atoms with Crippen molar-refractivity contribution in [2.75, 3.05) is 5.32 Å². The Kier molecular flexibility index (Phi) is 3.39. The SMILES string of the molecule is Cc1ccncc1Nc1ccc([N+](=O)[O-])cc1C#N. The van der Waals surface area contributed by atoms with E-state index in [2.05, 4.69) is 10.3 Å². The van der Waals surface area contributed by atoms with Crippen LogP contribution in [0.4, 0.5) is 17.1 Å². The van der Waals surface area contributed by atoms with Crippen LogP contribution in [-0.4, -0.2) is 9.91 Å². The maximum atomic E-state index is 10.7. The van der Waals surface area contributed by atoms with Gasteiger partial charge in [-0.3, -0.25) is 15.1 Å². The second kappa shape index (κ2) is 5.14. The predicted octanol–water partition coefficient (Wildman–Crippen LogP) is 2.91. The Morgan fingerprint density at radius 2 is 2.16 bits per heavy atom. The zero-order valence-corrected chi connectivity index (χ0v) is 10.1. The Hall–Kier alpha value is -2.94. The summed E-state index contributed by atoms with van der Waals surface area (Å²) in [6.45, 7) is 1.90. The molecule has 1 aromatic heterocycles. The van der Waals surface area contributed by atoms with Crippen LogP contribution in [0.5, 0.6) is 0 Å². The molecule has 1 aromatic carbocycles. The van der Waals surface area contributed by atoms with Gasteiger partial charge in [0, 0.05) is 18.3 Å². The number of non-ortho nitro benzene ring substituents is 1. The number of aryl methyl sites for hydroxylation is 1. The summed E-state index contributed by atoms with van der Waals surface area (Å²) in [6, 6.07) is 7.89. The lowest BCUT2D eigenvalue weighted by molar-refractivity contribution is -0.384. The molecular weight excluding hydrogens is 244 g/mol. The van der Waals surface area contributed by atoms with E-state index in [1.54, 1.807) is 12.4 Å². The summed E-state index contributed by atoms with van der Waals surface area (Å²) in [5, 5.41) is 22.8. The Balaban J connectivity index is 2.39. The smallest absolute Gasteiger partial charge is 0.270 e. The fraction of sp³-hybridized carbons (Fsp3) is 0.0769. The van der Waals surface area contributed by atoms with Crippen molar-refractivity contribution in [3.8, 4) is 6.07 Å². The first-order valence-corrected chi connectivity index (χ1v) is 5.48. The molecule has 2 rings (SSSR count). The maximum absolute atomic E-state index is 10.7. The summed E-state index contributed by atoms with van der Waals surface area (Å²) < 4.78 is 0. The second-order valence-electron chi connectivity index (χ2n) is 3.91. The van der Waals surface area contributed by atoms with Crippen molar-refractivity contribution in [2.45, 2.75) is 6.92 Å². The lowest BCUT2D eigenvalue weighted by atomic mass is 10.1. The molecule has 0 aliphatic rings. The van der Waals surface area contributed by atoms with Gasteiger partial charge in [-0.1, -0.05) is 0 Å². The predicted molar refractivity (Wildman–Crippen MR) is 70.1 cm³/mol. The number of pyridine rings is 1. The summed E-state index contributed by atoms with van der Waals surface area (Å²) in [5.41, 5.74) is 2.36. The van der Waals surface area contributed by atoms with E-state index in [-0.39, 0.29) is 11.3 Å². The third-order valence-electron chi connectivity index (χ3n) is 2.64. The van der Waals surface area contributed by atoms with Crippen LogP contribution in [0, 0.1) is 28.4 Å². The van der Waals surface area contributed by atoms with Crippen LogP contribution in [0.25, 0.3) is 0 Å². The van der Waals surface area contributed by atoms with Crippen LogP contribution in [0.2, 0.25) is 0 Å². The second-order valence-corrected chi connectivity index (χ2v) is 3.91. The zero-order chi connectivity index (χ0) is 13.8. The van der Waals surface area contributed by atoms with Crippen LogP contribution < -0.4 is 5.32 Å². The topological polar surface area (TPSA) is 91.8 Å². The van der Waals surface area contributed by atoms with E-state index in [0.29, 0.717) is 5.69 Å². The molecule has 0 fully saturated rings. The Morgan fingerprint density at radius 1 is 1.37 bits per heavy atom. The standard InChI is InChI=1S/C13H10N4O2/c1-9-4-5-15-8-13(9)16-12-3-2-11(17(18)19)6-10(12)7-14/h2-6,8,16H,1H3. The molecule has 0 bridgehead atoms. The summed E-state index contributed by atoms with van der Waals surface area (Å²) in [5.74, 6) is 0. The van der Waals surface area contributed by atoms with Gasteiger partial charge < -0.3 is 5.32 Å². The first kappa shape index (κ1) is 12.5. The van der Waals surface area contributed by atoms with Crippen molar-refractivity contribution in [1.29, 1.82) is 5.26 Å². The highest BCUT2D eigenvalue weighted by Gasteiger charge is 2.11. The highest BCUT2D eigenvalue weighted by Crippen LogP contribution is 2.25. The molecule has 0 radical (unpaired) electrons. The molecule has 0 saturated heterocycles. The van der Waals surface area contributed by atoms with Crippen molar-refractivity contribution in [3.63, 3.8) is 0 Å². The molecule has 2 aromatic rings. The van der Waals surface area contributed by atoms with E-state index in [9.17, 15) is 10.1 Å². The summed E-state index contributed by atoms with van der Waals surface area (Å²) >= 11 is 0. The molecule has 0 amide bonds. The summed E-state index contributed by atoms with van der Waals surface area (Å²) in [6.07, 6.45) is 3.31. The first-order chi connectivity index (χ1) is 9.11. The number of benzene rings is 1. The molecule has 1 heterocycles. The number of rotatable bonds is 3. The van der Waals surface area contributed by atoms with Gasteiger partial charge in [-0.05, 0) is 24.6 Å². The molecule has 0 unspecified atom stereocenters. The minimum absolute atomic E-state index is 0.106. The lowest BCUT2D eigenvalue weighted by Crippen LogP contribution is -1.97. The van der Waals surface area contributed by atoms with Gasteiger partial charge in [-0.15, -0.1) is 0 Å². The molecule has 1 N–H and O–H groups in total. The van der Waals surface area contributed by atoms with Gasteiger partial charge in [0.15, 0.2) is 0 Å². The molecule has 6 nitrogen and oxygen atoms in total. The number of anilines is 2. The molecule has 6 heteroatoms. The zero-order valence-electron chi connectivity index (χ0n) is 10.1. The quantitative estimate of drug-likeness (QED) is 0.671. The van der Waals surface area contributed by atoms with Gasteiger partial charge in [-0.25, -0.2) is 0 Å². The Bertz CT molecular complexity index is 677. The molecule has 19 heavy (non-hydrogen) atoms. The van der Waals surface area contributed by atoms with Crippen LogP contribution >= 0.6 is 0 Å². The van der Waals surface area contributed by atoms with Gasteiger partial charge in [0.1, 0.15) is 6.07 Å². The molecule has 94 valence electrons. The number of hydrogen-bond donors (Lipinski definition) is 1. The minimum Gasteiger partial charge on any atom is -0.353 e. The molecule has 0 saturated carbocycles. The van der Waals surface area contributed by atoms with Crippen LogP contribution in [0.1, 0.15) is 11.1 Å². The van der Waals surface area contributed by atoms with Crippen molar-refractivity contribution >= 4 is 17.1 Å². The number of nitrogens with one attached hydrogen (secondary N) is 1. The van der Waals surface area contributed by atoms with Gasteiger partial charge in [0.05, 0.1) is 28.1 Å². The Labute approximate surface area is 109 Å².